The molecule has 0 saturated heterocycles. The second-order valence-corrected chi connectivity index (χ2v) is 6.20. The van der Waals surface area contributed by atoms with Gasteiger partial charge in [-0.15, -0.1) is 0 Å². The van der Waals surface area contributed by atoms with Crippen molar-refractivity contribution in [3.8, 4) is 0 Å². The van der Waals surface area contributed by atoms with Gasteiger partial charge in [0.1, 0.15) is 6.10 Å². The summed E-state index contributed by atoms with van der Waals surface area (Å²) in [6.45, 7) is -0.444. The highest BCUT2D eigenvalue weighted by Crippen LogP contribution is 2.52. The van der Waals surface area contributed by atoms with E-state index in [1.165, 1.54) is 0 Å². The van der Waals surface area contributed by atoms with E-state index in [4.69, 9.17) is 0 Å². The molecule has 0 bridgehead atoms. The third kappa shape index (κ3) is 2.86. The van der Waals surface area contributed by atoms with Gasteiger partial charge in [0.05, 0.1) is 5.92 Å². The van der Waals surface area contributed by atoms with Crippen molar-refractivity contribution < 1.29 is 40.2 Å². The number of rotatable bonds is 2. The fraction of sp³-hybridized carbons (Fsp3) is 0.769. The second-order valence-electron chi connectivity index (χ2n) is 6.20. The van der Waals surface area contributed by atoms with Crippen LogP contribution in [0.15, 0.2) is 0 Å². The Balaban J connectivity index is 1.95. The number of halogens is 8. The van der Waals surface area contributed by atoms with Gasteiger partial charge in [-0.25, -0.2) is 8.78 Å². The molecule has 3 rings (SSSR count). The summed E-state index contributed by atoms with van der Waals surface area (Å²) in [5, 5.41) is 12.8. The molecule has 3 atom stereocenters. The first-order chi connectivity index (χ1) is 10.8. The summed E-state index contributed by atoms with van der Waals surface area (Å²) in [6, 6.07) is 0. The van der Waals surface area contributed by atoms with Crippen LogP contribution in [0.25, 0.3) is 0 Å². The van der Waals surface area contributed by atoms with Gasteiger partial charge in [-0.3, -0.25) is 4.68 Å². The molecule has 3 unspecified atom stereocenters. The molecular weight excluding hydrogens is 352 g/mol. The minimum absolute atomic E-state index is 0.238. The first-order valence-corrected chi connectivity index (χ1v) is 7.11. The van der Waals surface area contributed by atoms with Crippen LogP contribution in [0.4, 0.5) is 35.1 Å². The Bertz CT molecular complexity index is 648. The zero-order chi connectivity index (χ0) is 18.1. The van der Waals surface area contributed by atoms with Gasteiger partial charge in [0.25, 0.3) is 5.92 Å². The van der Waals surface area contributed by atoms with E-state index in [0.29, 0.717) is 4.68 Å². The van der Waals surface area contributed by atoms with Gasteiger partial charge >= 0.3 is 12.4 Å². The third-order valence-electron chi connectivity index (χ3n) is 4.49. The zero-order valence-electron chi connectivity index (χ0n) is 11.9. The highest BCUT2D eigenvalue weighted by molar-refractivity contribution is 5.35. The molecule has 3 nitrogen and oxygen atoms in total. The highest BCUT2D eigenvalue weighted by Gasteiger charge is 2.57. The Morgan fingerprint density at radius 3 is 2.29 bits per heavy atom. The number of aromatic nitrogens is 2. The largest absolute Gasteiger partial charge is 0.435 e. The lowest BCUT2D eigenvalue weighted by molar-refractivity contribution is -0.152. The lowest BCUT2D eigenvalue weighted by Gasteiger charge is -2.28. The van der Waals surface area contributed by atoms with Crippen LogP contribution in [0.2, 0.25) is 0 Å². The number of aliphatic hydroxyl groups is 1. The molecule has 0 spiro atoms. The van der Waals surface area contributed by atoms with Gasteiger partial charge in [-0.1, -0.05) is 0 Å². The predicted octanol–water partition coefficient (Wildman–Crippen LogP) is 3.72. The van der Waals surface area contributed by atoms with Crippen LogP contribution in [0.3, 0.4) is 0 Å². The van der Waals surface area contributed by atoms with Crippen LogP contribution >= 0.6 is 0 Å². The van der Waals surface area contributed by atoms with Gasteiger partial charge < -0.3 is 5.11 Å². The Hall–Kier alpha value is -1.39. The fourth-order valence-corrected chi connectivity index (χ4v) is 3.13. The highest BCUT2D eigenvalue weighted by atomic mass is 19.4. The van der Waals surface area contributed by atoms with Crippen molar-refractivity contribution in [3.63, 3.8) is 0 Å². The number of fused-ring (bicyclic) bond motifs is 1. The molecule has 0 aromatic carbocycles. The lowest BCUT2D eigenvalue weighted by atomic mass is 9.89. The monoisotopic (exact) mass is 364 g/mol. The molecule has 1 fully saturated rings. The molecule has 1 N–H and O–H groups in total. The van der Waals surface area contributed by atoms with E-state index in [-0.39, 0.29) is 12.1 Å². The van der Waals surface area contributed by atoms with Crippen molar-refractivity contribution in [2.24, 2.45) is 11.8 Å². The molecule has 24 heavy (non-hydrogen) atoms. The summed E-state index contributed by atoms with van der Waals surface area (Å²) in [5.41, 5.74) is -2.95. The fourth-order valence-electron chi connectivity index (χ4n) is 3.13. The lowest BCUT2D eigenvalue weighted by Crippen LogP contribution is -2.33. The first kappa shape index (κ1) is 17.4. The van der Waals surface area contributed by atoms with Crippen LogP contribution < -0.4 is 0 Å². The third-order valence-corrected chi connectivity index (χ3v) is 4.49. The van der Waals surface area contributed by atoms with E-state index >= 15 is 0 Å². The summed E-state index contributed by atoms with van der Waals surface area (Å²) in [7, 11) is 0. The molecule has 0 amide bonds. The zero-order valence-corrected chi connectivity index (χ0v) is 11.9. The number of hydrogen-bond donors (Lipinski definition) is 1. The van der Waals surface area contributed by atoms with Crippen molar-refractivity contribution in [2.75, 3.05) is 0 Å². The predicted molar refractivity (Wildman–Crippen MR) is 63.1 cm³/mol. The van der Waals surface area contributed by atoms with Crippen molar-refractivity contribution in [2.45, 2.75) is 50.2 Å². The van der Waals surface area contributed by atoms with E-state index < -0.39 is 66.9 Å². The molecule has 1 heterocycles. The van der Waals surface area contributed by atoms with Crippen molar-refractivity contribution in [1.29, 1.82) is 0 Å². The Morgan fingerprint density at radius 2 is 1.79 bits per heavy atom. The number of aliphatic hydroxyl groups excluding tert-OH is 1. The Labute approximate surface area is 130 Å². The average molecular weight is 364 g/mol. The summed E-state index contributed by atoms with van der Waals surface area (Å²) in [4.78, 5) is 0. The molecule has 0 radical (unpaired) electrons. The summed E-state index contributed by atoms with van der Waals surface area (Å²) < 4.78 is 104. The molecule has 1 aromatic rings. The number of hydrogen-bond acceptors (Lipinski definition) is 2. The first-order valence-electron chi connectivity index (χ1n) is 7.11. The summed E-state index contributed by atoms with van der Waals surface area (Å²) >= 11 is 0. The summed E-state index contributed by atoms with van der Waals surface area (Å²) in [5.74, 6) is -6.30. The molecule has 1 saturated carbocycles. The SMILES string of the molecule is OC1c2c(C(F)(F)F)nn(CC3CC3C(F)(F)F)c2CCC1(F)F. The molecule has 2 aliphatic carbocycles. The maximum absolute atomic E-state index is 13.5. The van der Waals surface area contributed by atoms with Crippen molar-refractivity contribution >= 4 is 0 Å². The quantitative estimate of drug-likeness (QED) is 0.813. The minimum atomic E-state index is -5.09. The molecule has 0 aliphatic heterocycles. The van der Waals surface area contributed by atoms with Gasteiger partial charge in [-0.05, 0) is 18.8 Å². The van der Waals surface area contributed by atoms with E-state index in [1.54, 1.807) is 0 Å². The van der Waals surface area contributed by atoms with Gasteiger partial charge in [0, 0.05) is 24.2 Å². The minimum Gasteiger partial charge on any atom is -0.382 e. The Morgan fingerprint density at radius 1 is 1.17 bits per heavy atom. The average Bonchev–Trinajstić information content (AvgIpc) is 3.07. The van der Waals surface area contributed by atoms with E-state index in [1.807, 2.05) is 0 Å². The van der Waals surface area contributed by atoms with Crippen LogP contribution in [-0.4, -0.2) is 27.0 Å². The van der Waals surface area contributed by atoms with Gasteiger partial charge in [-0.2, -0.15) is 31.4 Å². The molecule has 11 heteroatoms. The normalized spacial score (nSPS) is 29.5. The number of alkyl halides is 8. The molecular formula is C13H12F8N2O. The number of nitrogens with zero attached hydrogens (tertiary/aromatic N) is 2. The molecule has 136 valence electrons. The summed E-state index contributed by atoms with van der Waals surface area (Å²) in [6.07, 6.45) is -13.8. The van der Waals surface area contributed by atoms with Crippen LogP contribution in [-0.2, 0) is 19.1 Å². The maximum atomic E-state index is 13.5. The molecule has 1 aromatic heterocycles. The standard InChI is InChI=1S/C13H12F8N2O/c14-11(15)2-1-7-8(10(11)24)9(13(19,20)21)22-23(7)4-5-3-6(5)12(16,17)18/h5-6,10,24H,1-4H2. The van der Waals surface area contributed by atoms with E-state index in [0.717, 1.165) is 0 Å². The van der Waals surface area contributed by atoms with Crippen LogP contribution in [0, 0.1) is 11.8 Å². The van der Waals surface area contributed by atoms with Gasteiger partial charge in [0.15, 0.2) is 5.69 Å². The van der Waals surface area contributed by atoms with Crippen molar-refractivity contribution in [1.82, 2.24) is 9.78 Å². The molecule has 2 aliphatic rings. The van der Waals surface area contributed by atoms with Crippen LogP contribution in [0.5, 0.6) is 0 Å². The van der Waals surface area contributed by atoms with E-state index in [2.05, 4.69) is 5.10 Å². The second kappa shape index (κ2) is 5.06. The Kier molecular flexibility index (Phi) is 3.67. The van der Waals surface area contributed by atoms with Crippen molar-refractivity contribution in [3.05, 3.63) is 17.0 Å². The van der Waals surface area contributed by atoms with E-state index in [9.17, 15) is 40.2 Å². The maximum Gasteiger partial charge on any atom is 0.435 e. The smallest absolute Gasteiger partial charge is 0.382 e. The van der Waals surface area contributed by atoms with Gasteiger partial charge in [0.2, 0.25) is 0 Å². The topological polar surface area (TPSA) is 38.1 Å². The van der Waals surface area contributed by atoms with Crippen LogP contribution in [0.1, 0.15) is 35.9 Å².